The van der Waals surface area contributed by atoms with E-state index in [2.05, 4.69) is 23.2 Å². The Kier molecular flexibility index (Phi) is 5.19. The summed E-state index contributed by atoms with van der Waals surface area (Å²) in [5.74, 6) is 0. The summed E-state index contributed by atoms with van der Waals surface area (Å²) in [6.45, 7) is 6.43. The second-order valence-corrected chi connectivity index (χ2v) is 8.55. The molecule has 0 unspecified atom stereocenters. The van der Waals surface area contributed by atoms with E-state index < -0.39 is 10.0 Å². The van der Waals surface area contributed by atoms with Crippen molar-refractivity contribution in [2.45, 2.75) is 19.0 Å². The van der Waals surface area contributed by atoms with Crippen LogP contribution in [0.2, 0.25) is 0 Å². The normalized spacial score (nSPS) is 27.1. The lowest BCUT2D eigenvalue weighted by Crippen LogP contribution is -3.27. The number of sulfonamides is 1. The zero-order chi connectivity index (χ0) is 14.8. The van der Waals surface area contributed by atoms with Crippen LogP contribution >= 0.6 is 11.3 Å². The summed E-state index contributed by atoms with van der Waals surface area (Å²) in [4.78, 5) is 4.31. The van der Waals surface area contributed by atoms with Crippen molar-refractivity contribution in [1.29, 1.82) is 0 Å². The van der Waals surface area contributed by atoms with Gasteiger partial charge in [-0.05, 0) is 18.4 Å². The third-order valence-corrected chi connectivity index (χ3v) is 5.69. The van der Waals surface area contributed by atoms with Gasteiger partial charge in [-0.15, -0.1) is 11.3 Å². The summed E-state index contributed by atoms with van der Waals surface area (Å²) in [6, 6.07) is 4.28. The molecule has 7 heteroatoms. The van der Waals surface area contributed by atoms with Gasteiger partial charge in [0.25, 0.3) is 0 Å². The van der Waals surface area contributed by atoms with Gasteiger partial charge in [-0.1, -0.05) is 6.07 Å². The molecule has 0 saturated carbocycles. The highest BCUT2D eigenvalue weighted by Crippen LogP contribution is 2.20. The first-order valence-corrected chi connectivity index (χ1v) is 9.80. The topological polar surface area (TPSA) is 55.0 Å². The smallest absolute Gasteiger partial charge is 0.209 e. The van der Waals surface area contributed by atoms with E-state index in [-0.39, 0.29) is 12.1 Å². The van der Waals surface area contributed by atoms with Crippen molar-refractivity contribution in [3.63, 3.8) is 0 Å². The van der Waals surface area contributed by atoms with Crippen LogP contribution in [0.5, 0.6) is 0 Å². The first-order valence-electron chi connectivity index (χ1n) is 7.03. The molecule has 0 radical (unpaired) electrons. The Morgan fingerprint density at radius 1 is 1.30 bits per heavy atom. The largest absolute Gasteiger partial charge is 0.328 e. The molecule has 0 bridgehead atoms. The molecule has 1 aliphatic heterocycles. The lowest BCUT2D eigenvalue weighted by molar-refractivity contribution is -1.02. The molecule has 0 aromatic carbocycles. The molecular formula is C13H25N3O2S2+2. The third kappa shape index (κ3) is 4.26. The Hall–Kier alpha value is -0.470. The quantitative estimate of drug-likeness (QED) is 0.596. The Bertz CT molecular complexity index is 508. The fourth-order valence-corrected chi connectivity index (χ4v) is 4.78. The first kappa shape index (κ1) is 15.9. The Balaban J connectivity index is 2.17. The molecule has 0 aliphatic carbocycles. The van der Waals surface area contributed by atoms with E-state index in [1.54, 1.807) is 16.2 Å². The third-order valence-electron chi connectivity index (χ3n) is 3.94. The van der Waals surface area contributed by atoms with E-state index in [9.17, 15) is 8.42 Å². The standard InChI is InChI=1S/C13H23N3O2S2/c1-11(14-20(3,17)18)13(12-5-4-10-19-12)16-8-6-15(2)7-9-16/h4-5,10-11,13-14H,6-9H2,1-3H3/p+2/t11-,13+/m1/s1. The van der Waals surface area contributed by atoms with Gasteiger partial charge >= 0.3 is 0 Å². The average molecular weight is 319 g/mol. The second kappa shape index (κ2) is 6.53. The van der Waals surface area contributed by atoms with Gasteiger partial charge in [-0.25, -0.2) is 13.1 Å². The summed E-state index contributed by atoms with van der Waals surface area (Å²) in [5.41, 5.74) is 0. The van der Waals surface area contributed by atoms with Gasteiger partial charge in [0.15, 0.2) is 0 Å². The predicted molar refractivity (Wildman–Crippen MR) is 81.8 cm³/mol. The van der Waals surface area contributed by atoms with Crippen LogP contribution < -0.4 is 14.5 Å². The molecule has 20 heavy (non-hydrogen) atoms. The van der Waals surface area contributed by atoms with Crippen molar-refractivity contribution >= 4 is 21.4 Å². The number of rotatable bonds is 5. The van der Waals surface area contributed by atoms with E-state index >= 15 is 0 Å². The maximum absolute atomic E-state index is 11.5. The average Bonchev–Trinajstić information content (AvgIpc) is 2.83. The number of nitrogens with one attached hydrogen (secondary N) is 3. The molecule has 1 aromatic heterocycles. The highest BCUT2D eigenvalue weighted by atomic mass is 32.2. The van der Waals surface area contributed by atoms with Crippen LogP contribution in [0.1, 0.15) is 17.8 Å². The molecule has 1 saturated heterocycles. The van der Waals surface area contributed by atoms with Gasteiger partial charge in [0.2, 0.25) is 10.0 Å². The monoisotopic (exact) mass is 319 g/mol. The maximum Gasteiger partial charge on any atom is 0.209 e. The van der Waals surface area contributed by atoms with Crippen LogP contribution in [-0.4, -0.2) is 53.9 Å². The molecule has 5 nitrogen and oxygen atoms in total. The van der Waals surface area contributed by atoms with Crippen LogP contribution in [-0.2, 0) is 10.0 Å². The zero-order valence-corrected chi connectivity index (χ0v) is 14.0. The minimum atomic E-state index is -3.17. The molecule has 2 heterocycles. The fraction of sp³-hybridized carbons (Fsp3) is 0.692. The van der Waals surface area contributed by atoms with Gasteiger partial charge in [0.05, 0.1) is 24.2 Å². The van der Waals surface area contributed by atoms with Crippen LogP contribution in [0.25, 0.3) is 0 Å². The molecule has 1 fully saturated rings. The number of likely N-dealkylation sites (N-methyl/N-ethyl adjacent to an activating group) is 1. The molecule has 1 aliphatic rings. The number of quaternary nitrogens is 2. The maximum atomic E-state index is 11.5. The summed E-state index contributed by atoms with van der Waals surface area (Å²) in [7, 11) is -0.955. The van der Waals surface area contributed by atoms with Crippen LogP contribution in [0, 0.1) is 0 Å². The molecule has 2 rings (SSSR count). The van der Waals surface area contributed by atoms with Gasteiger partial charge in [0, 0.05) is 0 Å². The zero-order valence-electron chi connectivity index (χ0n) is 12.3. The van der Waals surface area contributed by atoms with Gasteiger partial charge in [0.1, 0.15) is 32.2 Å². The van der Waals surface area contributed by atoms with Crippen LogP contribution in [0.15, 0.2) is 17.5 Å². The first-order chi connectivity index (χ1) is 9.37. The van der Waals surface area contributed by atoms with Crippen LogP contribution in [0.4, 0.5) is 0 Å². The van der Waals surface area contributed by atoms with Gasteiger partial charge < -0.3 is 9.80 Å². The lowest BCUT2D eigenvalue weighted by atomic mass is 10.1. The van der Waals surface area contributed by atoms with Crippen molar-refractivity contribution in [1.82, 2.24) is 4.72 Å². The highest BCUT2D eigenvalue weighted by Gasteiger charge is 2.35. The van der Waals surface area contributed by atoms with E-state index in [4.69, 9.17) is 0 Å². The molecule has 114 valence electrons. The van der Waals surface area contributed by atoms with Gasteiger partial charge in [-0.2, -0.15) is 0 Å². The van der Waals surface area contributed by atoms with E-state index in [0.29, 0.717) is 0 Å². The van der Waals surface area contributed by atoms with E-state index in [0.717, 1.165) is 26.2 Å². The molecule has 0 amide bonds. The minimum Gasteiger partial charge on any atom is -0.328 e. The number of thiophene rings is 1. The SMILES string of the molecule is C[C@@H](NS(C)(=O)=O)[C@@H](c1cccs1)[NH+]1CC[NH+](C)CC1. The second-order valence-electron chi connectivity index (χ2n) is 5.79. The Morgan fingerprint density at radius 3 is 2.45 bits per heavy atom. The van der Waals surface area contributed by atoms with Crippen molar-refractivity contribution in [2.75, 3.05) is 39.5 Å². The van der Waals surface area contributed by atoms with Crippen molar-refractivity contribution < 1.29 is 18.2 Å². The lowest BCUT2D eigenvalue weighted by Gasteiger charge is -2.35. The van der Waals surface area contributed by atoms with Crippen molar-refractivity contribution in [3.05, 3.63) is 22.4 Å². The van der Waals surface area contributed by atoms with Crippen molar-refractivity contribution in [3.8, 4) is 0 Å². The predicted octanol–water partition coefficient (Wildman–Crippen LogP) is -1.86. The van der Waals surface area contributed by atoms with Crippen LogP contribution in [0.3, 0.4) is 0 Å². The molecule has 3 N–H and O–H groups in total. The molecule has 2 atom stereocenters. The van der Waals surface area contributed by atoms with Crippen molar-refractivity contribution in [2.24, 2.45) is 0 Å². The molecule has 0 spiro atoms. The minimum absolute atomic E-state index is 0.0861. The number of hydrogen-bond acceptors (Lipinski definition) is 3. The molecular weight excluding hydrogens is 294 g/mol. The summed E-state index contributed by atoms with van der Waals surface area (Å²) < 4.78 is 25.8. The summed E-state index contributed by atoms with van der Waals surface area (Å²) >= 11 is 1.72. The Morgan fingerprint density at radius 2 is 1.95 bits per heavy atom. The number of piperazine rings is 1. The van der Waals surface area contributed by atoms with E-state index in [1.165, 1.54) is 16.0 Å². The summed E-state index contributed by atoms with van der Waals surface area (Å²) in [5, 5.41) is 2.07. The molecule has 1 aromatic rings. The van der Waals surface area contributed by atoms with E-state index in [1.807, 2.05) is 13.0 Å². The Labute approximate surface area is 125 Å². The summed E-state index contributed by atoms with van der Waals surface area (Å²) in [6.07, 6.45) is 1.23. The number of hydrogen-bond donors (Lipinski definition) is 3. The van der Waals surface area contributed by atoms with Gasteiger partial charge in [-0.3, -0.25) is 0 Å². The fourth-order valence-electron chi connectivity index (χ4n) is 2.98. The highest BCUT2D eigenvalue weighted by molar-refractivity contribution is 7.88.